The average molecular weight is 507 g/mol. The molecule has 0 spiro atoms. The highest BCUT2D eigenvalue weighted by atomic mass is 28.4. The second-order valence-electron chi connectivity index (χ2n) is 12.3. The Hall–Kier alpha value is -2.31. The molecular weight excluding hydrogens is 464 g/mol. The number of fused-ring (bicyclic) bond motifs is 1. The van der Waals surface area contributed by atoms with Gasteiger partial charge in [0.15, 0.2) is 0 Å². The molecule has 0 N–H and O–H groups in total. The molecule has 2 aliphatic heterocycles. The zero-order valence-corrected chi connectivity index (χ0v) is 23.7. The number of benzene rings is 2. The maximum atomic E-state index is 13.0. The third kappa shape index (κ3) is 5.21. The summed E-state index contributed by atoms with van der Waals surface area (Å²) >= 11 is 0. The number of ether oxygens (including phenoxy) is 1. The summed E-state index contributed by atoms with van der Waals surface area (Å²) in [4.78, 5) is 17.5. The molecular formula is C30H42N2O3Si. The van der Waals surface area contributed by atoms with Crippen LogP contribution >= 0.6 is 0 Å². The largest absolute Gasteiger partial charge is 0.544 e. The van der Waals surface area contributed by atoms with Crippen LogP contribution in [0.15, 0.2) is 42.5 Å². The van der Waals surface area contributed by atoms with E-state index in [2.05, 4.69) is 50.9 Å². The van der Waals surface area contributed by atoms with Crippen molar-refractivity contribution in [3.05, 3.63) is 48.0 Å². The lowest BCUT2D eigenvalue weighted by Gasteiger charge is -2.41. The lowest BCUT2D eigenvalue weighted by molar-refractivity contribution is -0.118. The van der Waals surface area contributed by atoms with Crippen LogP contribution in [-0.2, 0) is 11.2 Å². The van der Waals surface area contributed by atoms with Crippen molar-refractivity contribution < 1.29 is 14.0 Å². The van der Waals surface area contributed by atoms with Crippen LogP contribution in [0, 0.1) is 0 Å². The Kier molecular flexibility index (Phi) is 6.94. The van der Waals surface area contributed by atoms with E-state index >= 15 is 0 Å². The predicted molar refractivity (Wildman–Crippen MR) is 149 cm³/mol. The first kappa shape index (κ1) is 25.3. The number of hydrogen-bond acceptors (Lipinski definition) is 4. The van der Waals surface area contributed by atoms with Gasteiger partial charge in [-0.1, -0.05) is 27.2 Å². The van der Waals surface area contributed by atoms with E-state index in [-0.39, 0.29) is 17.0 Å². The van der Waals surface area contributed by atoms with Crippen LogP contribution in [0.2, 0.25) is 18.1 Å². The normalized spacial score (nSPS) is 20.1. The summed E-state index contributed by atoms with van der Waals surface area (Å²) in [6, 6.07) is 15.1. The molecule has 2 heterocycles. The highest BCUT2D eigenvalue weighted by Crippen LogP contribution is 2.40. The Labute approximate surface area is 217 Å². The lowest BCUT2D eigenvalue weighted by Crippen LogP contribution is -2.46. The molecule has 194 valence electrons. The lowest BCUT2D eigenvalue weighted by atomic mass is 9.90. The Bertz CT molecular complexity index is 1080. The molecule has 2 aromatic rings. The summed E-state index contributed by atoms with van der Waals surface area (Å²) in [6.07, 6.45) is 7.89. The summed E-state index contributed by atoms with van der Waals surface area (Å²) < 4.78 is 12.9. The molecule has 2 aromatic carbocycles. The molecule has 1 saturated heterocycles. The standard InChI is InChI=1S/C30H42N2O3Si/c1-30(2,3)36(4,5)35-26-12-10-24(11-13-26)32-28-15-14-27(21-22(28)9-16-29(32)33)34-25-17-19-31(20-18-25)23-7-6-8-23/h10-15,21,23,25H,6-9,16-20H2,1-5H3. The molecule has 1 aliphatic carbocycles. The first-order valence-corrected chi connectivity index (χ1v) is 16.7. The van der Waals surface area contributed by atoms with Crippen molar-refractivity contribution in [3.8, 4) is 11.5 Å². The molecule has 0 aromatic heterocycles. The maximum Gasteiger partial charge on any atom is 0.250 e. The number of hydrogen-bond donors (Lipinski definition) is 0. The van der Waals surface area contributed by atoms with E-state index in [9.17, 15) is 4.79 Å². The molecule has 3 aliphatic rings. The van der Waals surface area contributed by atoms with E-state index < -0.39 is 8.32 Å². The topological polar surface area (TPSA) is 42.0 Å². The number of carbonyl (C=O) groups is 1. The van der Waals surface area contributed by atoms with Crippen molar-refractivity contribution in [2.75, 3.05) is 18.0 Å². The molecule has 1 amide bonds. The van der Waals surface area contributed by atoms with Gasteiger partial charge in [0.05, 0.1) is 5.69 Å². The Morgan fingerprint density at radius 3 is 2.17 bits per heavy atom. The number of nitrogens with zero attached hydrogens (tertiary/aromatic N) is 2. The van der Waals surface area contributed by atoms with Crippen LogP contribution in [0.5, 0.6) is 11.5 Å². The average Bonchev–Trinajstić information content (AvgIpc) is 2.79. The Balaban J connectivity index is 1.27. The van der Waals surface area contributed by atoms with Crippen molar-refractivity contribution in [2.24, 2.45) is 0 Å². The van der Waals surface area contributed by atoms with Crippen molar-refractivity contribution in [2.45, 2.75) is 96.0 Å². The van der Waals surface area contributed by atoms with E-state index in [1.54, 1.807) is 0 Å². The quantitative estimate of drug-likeness (QED) is 0.393. The molecule has 5 rings (SSSR count). The van der Waals surface area contributed by atoms with Crippen molar-refractivity contribution in [3.63, 3.8) is 0 Å². The minimum atomic E-state index is -1.90. The minimum Gasteiger partial charge on any atom is -0.544 e. The molecule has 0 unspecified atom stereocenters. The molecule has 0 radical (unpaired) electrons. The van der Waals surface area contributed by atoms with Crippen LogP contribution in [0.3, 0.4) is 0 Å². The molecule has 5 nitrogen and oxygen atoms in total. The van der Waals surface area contributed by atoms with Gasteiger partial charge in [-0.25, -0.2) is 0 Å². The van der Waals surface area contributed by atoms with Gasteiger partial charge >= 0.3 is 0 Å². The number of amides is 1. The fourth-order valence-corrected chi connectivity index (χ4v) is 6.27. The summed E-state index contributed by atoms with van der Waals surface area (Å²) in [5.41, 5.74) is 3.04. The van der Waals surface area contributed by atoms with Gasteiger partial charge in [0.25, 0.3) is 0 Å². The van der Waals surface area contributed by atoms with Gasteiger partial charge in [-0.2, -0.15) is 0 Å². The van der Waals surface area contributed by atoms with E-state index in [4.69, 9.17) is 9.16 Å². The van der Waals surface area contributed by atoms with Gasteiger partial charge in [0.1, 0.15) is 17.6 Å². The van der Waals surface area contributed by atoms with E-state index in [1.165, 1.54) is 24.8 Å². The highest BCUT2D eigenvalue weighted by Gasteiger charge is 2.39. The molecule has 1 saturated carbocycles. The molecule has 0 bridgehead atoms. The first-order chi connectivity index (χ1) is 17.1. The fourth-order valence-electron chi connectivity index (χ4n) is 5.24. The fraction of sp³-hybridized carbons (Fsp3) is 0.567. The number of likely N-dealkylation sites (tertiary alicyclic amines) is 1. The second kappa shape index (κ2) is 9.86. The van der Waals surface area contributed by atoms with Crippen LogP contribution in [0.25, 0.3) is 0 Å². The summed E-state index contributed by atoms with van der Waals surface area (Å²) in [5, 5.41) is 0.140. The maximum absolute atomic E-state index is 13.0. The number of piperidine rings is 1. The zero-order valence-electron chi connectivity index (χ0n) is 22.7. The third-order valence-electron chi connectivity index (χ3n) is 8.79. The predicted octanol–water partition coefficient (Wildman–Crippen LogP) is 7.08. The van der Waals surface area contributed by atoms with Gasteiger partial charge in [0.2, 0.25) is 14.2 Å². The van der Waals surface area contributed by atoms with Crippen LogP contribution in [-0.4, -0.2) is 44.4 Å². The van der Waals surface area contributed by atoms with Crippen molar-refractivity contribution >= 4 is 25.6 Å². The third-order valence-corrected chi connectivity index (χ3v) is 13.2. The monoisotopic (exact) mass is 506 g/mol. The van der Waals surface area contributed by atoms with Crippen molar-refractivity contribution in [1.29, 1.82) is 0 Å². The van der Waals surface area contributed by atoms with Gasteiger partial charge in [0, 0.05) is 31.2 Å². The van der Waals surface area contributed by atoms with Crippen LogP contribution in [0.4, 0.5) is 11.4 Å². The molecule has 36 heavy (non-hydrogen) atoms. The smallest absolute Gasteiger partial charge is 0.250 e. The highest BCUT2D eigenvalue weighted by molar-refractivity contribution is 6.74. The van der Waals surface area contributed by atoms with Crippen LogP contribution < -0.4 is 14.1 Å². The van der Waals surface area contributed by atoms with Gasteiger partial charge in [-0.15, -0.1) is 0 Å². The van der Waals surface area contributed by atoms with Gasteiger partial charge in [-0.05, 0) is 98.3 Å². The zero-order chi connectivity index (χ0) is 25.5. The molecule has 2 fully saturated rings. The van der Waals surface area contributed by atoms with Gasteiger partial charge in [-0.3, -0.25) is 9.69 Å². The number of aryl methyl sites for hydroxylation is 1. The van der Waals surface area contributed by atoms with E-state index in [0.717, 1.165) is 61.3 Å². The SMILES string of the molecule is CC(C)(C)[Si](C)(C)Oc1ccc(N2C(=O)CCc3cc(OC4CCN(C5CCC5)CC4)ccc32)cc1. The molecule has 6 heteroatoms. The Morgan fingerprint density at radius 1 is 0.889 bits per heavy atom. The summed E-state index contributed by atoms with van der Waals surface area (Å²) in [6.45, 7) is 13.5. The van der Waals surface area contributed by atoms with E-state index in [1.807, 2.05) is 35.2 Å². The Morgan fingerprint density at radius 2 is 1.56 bits per heavy atom. The second-order valence-corrected chi connectivity index (χ2v) is 17.0. The minimum absolute atomic E-state index is 0.137. The first-order valence-electron chi connectivity index (χ1n) is 13.8. The summed E-state index contributed by atoms with van der Waals surface area (Å²) in [5.74, 6) is 1.95. The van der Waals surface area contributed by atoms with Crippen molar-refractivity contribution in [1.82, 2.24) is 4.90 Å². The van der Waals surface area contributed by atoms with E-state index in [0.29, 0.717) is 6.42 Å². The van der Waals surface area contributed by atoms with Gasteiger partial charge < -0.3 is 14.1 Å². The summed E-state index contributed by atoms with van der Waals surface area (Å²) in [7, 11) is -1.90. The van der Waals surface area contributed by atoms with Crippen LogP contribution in [0.1, 0.15) is 64.9 Å². The number of anilines is 2. The number of rotatable bonds is 6. The number of carbonyl (C=O) groups excluding carboxylic acids is 1. The molecule has 0 atom stereocenters.